The van der Waals surface area contributed by atoms with E-state index >= 15 is 0 Å². The average Bonchev–Trinajstić information content (AvgIpc) is 3.39. The number of H-pyrrole nitrogens is 1. The number of nitrogens with two attached hydrogens (primary N) is 1. The highest BCUT2D eigenvalue weighted by atomic mass is 35.5. The second-order valence-corrected chi connectivity index (χ2v) is 8.33. The van der Waals surface area contributed by atoms with Crippen molar-refractivity contribution in [1.82, 2.24) is 15.3 Å². The maximum absolute atomic E-state index is 14.9. The molecular weight excluding hydrogens is 542 g/mol. The van der Waals surface area contributed by atoms with E-state index in [1.165, 1.54) is 23.4 Å². The molecule has 1 aliphatic rings. The number of halogens is 3. The Morgan fingerprint density at radius 2 is 1.72 bits per heavy atom. The van der Waals surface area contributed by atoms with E-state index in [4.69, 9.17) is 5.73 Å². The molecule has 0 saturated carbocycles. The number of benzodiazepines with no additional fused rings is 1. The number of fused-ring (bicyclic) bond motifs is 1. The molecule has 0 aliphatic carbocycles. The van der Waals surface area contributed by atoms with Crippen molar-refractivity contribution in [3.63, 3.8) is 0 Å². The molecule has 0 fully saturated rings. The predicted octanol–water partition coefficient (Wildman–Crippen LogP) is 4.51. The number of nitrogen functional groups attached to an aromatic ring is 1. The summed E-state index contributed by atoms with van der Waals surface area (Å²) in [5, 5.41) is 2.67. The van der Waals surface area contributed by atoms with Crippen molar-refractivity contribution in [1.29, 1.82) is 0 Å². The van der Waals surface area contributed by atoms with Gasteiger partial charge in [-0.05, 0) is 35.9 Å². The van der Waals surface area contributed by atoms with Gasteiger partial charge >= 0.3 is 0 Å². The normalized spacial score (nSPS) is 14.5. The molecule has 2 amide bonds. The van der Waals surface area contributed by atoms with Crippen LogP contribution in [0.25, 0.3) is 6.08 Å². The number of amides is 2. The van der Waals surface area contributed by atoms with Gasteiger partial charge in [0.05, 0.1) is 30.0 Å². The standard InChI is InChI=1S/C28H23FN6O2.2ClH/c29-22-10-4-2-8-20(22)26-21-9-3-6-12-24(21)35(16-19-15-31-17-32-19)28(37)27(34-26)33-25(36)14-13-18-7-1-5-11-23(18)30;;/h1-15,17,27H,16,30H2,(H,31,32)(H,33,36);2*1H/b14-13+;;/t27-;;/m0../s1. The molecule has 1 aromatic heterocycles. The molecular formula is C28H25Cl2FN6O2. The molecule has 1 aliphatic heterocycles. The topological polar surface area (TPSA) is 116 Å². The first-order valence-electron chi connectivity index (χ1n) is 11.6. The van der Waals surface area contributed by atoms with Crippen LogP contribution in [-0.4, -0.2) is 33.7 Å². The SMILES string of the molecule is Cl.Cl.Nc1ccccc1/C=C/C(=O)N[C@H]1N=C(c2ccccc2F)c2ccccc2N(Cc2c[nH]cn2)C1=O. The minimum atomic E-state index is -1.31. The van der Waals surface area contributed by atoms with Crippen LogP contribution in [0.3, 0.4) is 0 Å². The van der Waals surface area contributed by atoms with Crippen LogP contribution in [0.15, 0.2) is 96.4 Å². The monoisotopic (exact) mass is 566 g/mol. The Morgan fingerprint density at radius 3 is 2.44 bits per heavy atom. The van der Waals surface area contributed by atoms with Gasteiger partial charge in [-0.3, -0.25) is 9.59 Å². The average molecular weight is 567 g/mol. The van der Waals surface area contributed by atoms with Crippen molar-refractivity contribution in [2.75, 3.05) is 10.6 Å². The van der Waals surface area contributed by atoms with Crippen LogP contribution in [0.5, 0.6) is 0 Å². The third-order valence-electron chi connectivity index (χ3n) is 5.90. The number of aromatic amines is 1. The van der Waals surface area contributed by atoms with Gasteiger partial charge < -0.3 is 20.9 Å². The zero-order valence-electron chi connectivity index (χ0n) is 20.5. The molecule has 0 saturated heterocycles. The molecule has 3 aromatic carbocycles. The number of benzene rings is 3. The number of imidazole rings is 1. The predicted molar refractivity (Wildman–Crippen MR) is 155 cm³/mol. The number of aliphatic imine (C=N–C) groups is 1. The van der Waals surface area contributed by atoms with Gasteiger partial charge in [-0.15, -0.1) is 24.8 Å². The summed E-state index contributed by atoms with van der Waals surface area (Å²) in [6.45, 7) is 0.127. The molecule has 5 rings (SSSR count). The number of nitrogens with one attached hydrogen (secondary N) is 2. The summed E-state index contributed by atoms with van der Waals surface area (Å²) in [4.78, 5) is 39.9. The Balaban J connectivity index is 0.00000210. The summed E-state index contributed by atoms with van der Waals surface area (Å²) in [6, 6.07) is 20.4. The molecule has 0 spiro atoms. The second-order valence-electron chi connectivity index (χ2n) is 8.33. The molecule has 39 heavy (non-hydrogen) atoms. The number of hydrogen-bond donors (Lipinski definition) is 3. The number of nitrogens with zero attached hydrogens (tertiary/aromatic N) is 3. The fraction of sp³-hybridized carbons (Fsp3) is 0.0714. The fourth-order valence-corrected chi connectivity index (χ4v) is 4.10. The Kier molecular flexibility index (Phi) is 9.59. The molecule has 0 radical (unpaired) electrons. The van der Waals surface area contributed by atoms with Gasteiger partial charge in [0.2, 0.25) is 12.1 Å². The van der Waals surface area contributed by atoms with Gasteiger partial charge in [0.25, 0.3) is 5.91 Å². The minimum Gasteiger partial charge on any atom is -0.398 e. The quantitative estimate of drug-likeness (QED) is 0.235. The van der Waals surface area contributed by atoms with Gasteiger partial charge in [-0.25, -0.2) is 14.4 Å². The van der Waals surface area contributed by atoms with E-state index < -0.39 is 23.8 Å². The molecule has 8 nitrogen and oxygen atoms in total. The minimum absolute atomic E-state index is 0. The summed E-state index contributed by atoms with van der Waals surface area (Å²) in [5.41, 5.74) is 9.30. The van der Waals surface area contributed by atoms with Crippen LogP contribution >= 0.6 is 24.8 Å². The van der Waals surface area contributed by atoms with Gasteiger partial charge in [-0.2, -0.15) is 0 Å². The lowest BCUT2D eigenvalue weighted by atomic mass is 9.99. The molecule has 0 unspecified atom stereocenters. The second kappa shape index (κ2) is 12.9. The van der Waals surface area contributed by atoms with Crippen LogP contribution in [0, 0.1) is 5.82 Å². The van der Waals surface area contributed by atoms with E-state index in [-0.39, 0.29) is 42.6 Å². The first-order valence-corrected chi connectivity index (χ1v) is 11.6. The smallest absolute Gasteiger partial charge is 0.272 e. The van der Waals surface area contributed by atoms with E-state index in [1.807, 2.05) is 0 Å². The Labute approximate surface area is 236 Å². The van der Waals surface area contributed by atoms with E-state index in [1.54, 1.807) is 79.0 Å². The third kappa shape index (κ3) is 6.34. The Bertz CT molecular complexity index is 1520. The third-order valence-corrected chi connectivity index (χ3v) is 5.90. The highest BCUT2D eigenvalue weighted by molar-refractivity contribution is 6.20. The van der Waals surface area contributed by atoms with Crippen LogP contribution in [-0.2, 0) is 16.1 Å². The zero-order chi connectivity index (χ0) is 25.8. The van der Waals surface area contributed by atoms with Crippen molar-refractivity contribution in [3.05, 3.63) is 120 Å². The van der Waals surface area contributed by atoms with E-state index in [2.05, 4.69) is 20.3 Å². The number of aromatic nitrogens is 2. The molecule has 11 heteroatoms. The number of anilines is 2. The Hall–Kier alpha value is -4.47. The molecule has 4 aromatic rings. The lowest BCUT2D eigenvalue weighted by Crippen LogP contribution is -2.46. The van der Waals surface area contributed by atoms with Crippen LogP contribution < -0.4 is 16.0 Å². The van der Waals surface area contributed by atoms with Crippen LogP contribution in [0.4, 0.5) is 15.8 Å². The lowest BCUT2D eigenvalue weighted by Gasteiger charge is -2.24. The number of para-hydroxylation sites is 2. The lowest BCUT2D eigenvalue weighted by molar-refractivity contribution is -0.125. The zero-order valence-corrected chi connectivity index (χ0v) is 22.1. The molecule has 1 atom stereocenters. The van der Waals surface area contributed by atoms with Crippen LogP contribution in [0.2, 0.25) is 0 Å². The van der Waals surface area contributed by atoms with Crippen molar-refractivity contribution in [2.45, 2.75) is 12.7 Å². The van der Waals surface area contributed by atoms with Crippen molar-refractivity contribution >= 4 is 59.8 Å². The first kappa shape index (κ1) is 29.1. The summed E-state index contributed by atoms with van der Waals surface area (Å²) in [6.07, 6.45) is 4.73. The molecule has 4 N–H and O–H groups in total. The van der Waals surface area contributed by atoms with Crippen molar-refractivity contribution in [3.8, 4) is 0 Å². The number of hydrogen-bond acceptors (Lipinski definition) is 5. The number of carbonyl (C=O) groups excluding carboxylic acids is 2. The molecule has 200 valence electrons. The molecule has 2 heterocycles. The summed E-state index contributed by atoms with van der Waals surface area (Å²) >= 11 is 0. The summed E-state index contributed by atoms with van der Waals surface area (Å²) in [7, 11) is 0. The van der Waals surface area contributed by atoms with Crippen molar-refractivity contribution < 1.29 is 14.0 Å². The first-order chi connectivity index (χ1) is 18.0. The van der Waals surface area contributed by atoms with Gasteiger partial charge in [0, 0.05) is 29.1 Å². The number of rotatable bonds is 6. The van der Waals surface area contributed by atoms with Gasteiger partial charge in [0.1, 0.15) is 5.82 Å². The van der Waals surface area contributed by atoms with Gasteiger partial charge in [0.15, 0.2) is 0 Å². The molecule has 0 bridgehead atoms. The summed E-state index contributed by atoms with van der Waals surface area (Å²) < 4.78 is 14.9. The Morgan fingerprint density at radius 1 is 1.03 bits per heavy atom. The van der Waals surface area contributed by atoms with Gasteiger partial charge in [-0.1, -0.05) is 48.5 Å². The van der Waals surface area contributed by atoms with E-state index in [0.717, 1.165) is 0 Å². The van der Waals surface area contributed by atoms with E-state index in [9.17, 15) is 14.0 Å². The number of carbonyl (C=O) groups is 2. The fourth-order valence-electron chi connectivity index (χ4n) is 4.10. The maximum atomic E-state index is 14.9. The van der Waals surface area contributed by atoms with Crippen molar-refractivity contribution in [2.24, 2.45) is 4.99 Å². The van der Waals surface area contributed by atoms with Crippen LogP contribution in [0.1, 0.15) is 22.4 Å². The summed E-state index contributed by atoms with van der Waals surface area (Å²) in [5.74, 6) is -1.53. The highest BCUT2D eigenvalue weighted by Crippen LogP contribution is 2.30. The maximum Gasteiger partial charge on any atom is 0.272 e. The largest absolute Gasteiger partial charge is 0.398 e. The highest BCUT2D eigenvalue weighted by Gasteiger charge is 2.33. The van der Waals surface area contributed by atoms with E-state index in [0.29, 0.717) is 28.2 Å².